The van der Waals surface area contributed by atoms with Gasteiger partial charge in [-0.05, 0) is 29.8 Å². The van der Waals surface area contributed by atoms with E-state index >= 15 is 0 Å². The van der Waals surface area contributed by atoms with Gasteiger partial charge in [0, 0.05) is 10.8 Å². The first-order chi connectivity index (χ1) is 21.0. The van der Waals surface area contributed by atoms with Crippen LogP contribution in [0.1, 0.15) is 18.3 Å². The van der Waals surface area contributed by atoms with E-state index in [4.69, 9.17) is 4.99 Å². The van der Waals surface area contributed by atoms with E-state index in [-0.39, 0.29) is 34.3 Å². The normalized spacial score (nSPS) is 12.7. The van der Waals surface area contributed by atoms with Gasteiger partial charge in [-0.1, -0.05) is 79.4 Å². The van der Waals surface area contributed by atoms with E-state index in [9.17, 15) is 21.0 Å². The lowest BCUT2D eigenvalue weighted by molar-refractivity contribution is 0.925. The van der Waals surface area contributed by atoms with Crippen LogP contribution in [-0.2, 0) is 0 Å². The van der Waals surface area contributed by atoms with Crippen molar-refractivity contribution >= 4 is 50.3 Å². The Bertz CT molecular complexity index is 2220. The predicted octanol–water partition coefficient (Wildman–Crippen LogP) is 7.05. The van der Waals surface area contributed by atoms with Crippen molar-refractivity contribution in [3.05, 3.63) is 120 Å². The third-order valence-electron chi connectivity index (χ3n) is 7.13. The predicted molar refractivity (Wildman–Crippen MR) is 164 cm³/mol. The molecular formula is C34H19N9. The number of hydrogen-bond donors (Lipinski definition) is 0. The van der Waals surface area contributed by atoms with Crippen LogP contribution in [0.3, 0.4) is 0 Å². The molecule has 4 aromatic carbocycles. The van der Waals surface area contributed by atoms with Crippen molar-refractivity contribution in [3.8, 4) is 24.3 Å². The van der Waals surface area contributed by atoms with E-state index in [1.807, 2.05) is 121 Å². The second-order valence-corrected chi connectivity index (χ2v) is 9.53. The van der Waals surface area contributed by atoms with Crippen LogP contribution >= 0.6 is 0 Å². The molecular weight excluding hydrogens is 534 g/mol. The quantitative estimate of drug-likeness (QED) is 0.170. The number of aliphatic imine (C=N–C) groups is 1. The van der Waals surface area contributed by atoms with Gasteiger partial charge >= 0.3 is 0 Å². The number of allylic oxidation sites excluding steroid dienone is 2. The maximum atomic E-state index is 9.99. The van der Waals surface area contributed by atoms with Crippen molar-refractivity contribution in [3.63, 3.8) is 0 Å². The Morgan fingerprint density at radius 3 is 1.67 bits per heavy atom. The molecule has 0 bridgehead atoms. The van der Waals surface area contributed by atoms with Crippen molar-refractivity contribution in [1.82, 2.24) is 9.97 Å². The molecule has 9 heteroatoms. The van der Waals surface area contributed by atoms with Gasteiger partial charge in [-0.15, -0.1) is 0 Å². The number of anilines is 4. The summed E-state index contributed by atoms with van der Waals surface area (Å²) in [6.45, 7) is 5.54. The first-order valence-electron chi connectivity index (χ1n) is 13.1. The highest BCUT2D eigenvalue weighted by molar-refractivity contribution is 6.14. The fraction of sp³-hybridized carbons (Fsp3) is 0.0294. The Hall–Kier alpha value is -6.81. The Labute approximate surface area is 247 Å². The minimum atomic E-state index is -0.175. The first kappa shape index (κ1) is 26.4. The largest absolute Gasteiger partial charge is 0.292 e. The molecule has 9 nitrogen and oxygen atoms in total. The smallest absolute Gasteiger partial charge is 0.184 e. The van der Waals surface area contributed by atoms with Gasteiger partial charge in [-0.3, -0.25) is 9.80 Å². The summed E-state index contributed by atoms with van der Waals surface area (Å²) in [5, 5.41) is 43.1. The molecule has 0 saturated carbocycles. The molecule has 0 atom stereocenters. The van der Waals surface area contributed by atoms with Gasteiger partial charge in [0.05, 0.1) is 22.6 Å². The molecule has 200 valence electrons. The Morgan fingerprint density at radius 2 is 1.16 bits per heavy atom. The summed E-state index contributed by atoms with van der Waals surface area (Å²) in [5.41, 5.74) is 1.35. The number of fused-ring (bicyclic) bond motifs is 3. The van der Waals surface area contributed by atoms with Crippen molar-refractivity contribution in [2.45, 2.75) is 6.92 Å². The van der Waals surface area contributed by atoms with Crippen molar-refractivity contribution < 1.29 is 0 Å². The number of benzene rings is 4. The summed E-state index contributed by atoms with van der Waals surface area (Å²) in [7, 11) is 0. The lowest BCUT2D eigenvalue weighted by Gasteiger charge is -2.38. The number of rotatable bonds is 4. The highest BCUT2D eigenvalue weighted by Gasteiger charge is 2.36. The van der Waals surface area contributed by atoms with Crippen LogP contribution in [0.15, 0.2) is 114 Å². The Kier molecular flexibility index (Phi) is 6.53. The first-order valence-corrected chi connectivity index (χ1v) is 13.1. The summed E-state index contributed by atoms with van der Waals surface area (Å²) >= 11 is 0. The third kappa shape index (κ3) is 4.28. The summed E-state index contributed by atoms with van der Waals surface area (Å²) in [6, 6.07) is 35.0. The van der Waals surface area contributed by atoms with E-state index < -0.39 is 0 Å². The number of nitriles is 4. The van der Waals surface area contributed by atoms with Crippen LogP contribution in [0.25, 0.3) is 21.5 Å². The molecule has 6 rings (SSSR count). The van der Waals surface area contributed by atoms with Gasteiger partial charge in [0.1, 0.15) is 24.3 Å². The fourth-order valence-corrected chi connectivity index (χ4v) is 5.17. The maximum absolute atomic E-state index is 9.99. The summed E-state index contributed by atoms with van der Waals surface area (Å²) in [4.78, 5) is 17.6. The lowest BCUT2D eigenvalue weighted by Crippen LogP contribution is -2.33. The maximum Gasteiger partial charge on any atom is 0.184 e. The van der Waals surface area contributed by atoms with Gasteiger partial charge in [-0.25, -0.2) is 15.0 Å². The zero-order valence-electron chi connectivity index (χ0n) is 22.8. The van der Waals surface area contributed by atoms with Gasteiger partial charge in [0.25, 0.3) is 0 Å². The minimum Gasteiger partial charge on any atom is -0.292 e. The molecule has 0 radical (unpaired) electrons. The van der Waals surface area contributed by atoms with E-state index in [1.165, 1.54) is 0 Å². The summed E-state index contributed by atoms with van der Waals surface area (Å²) in [5.74, 6) is 0.797. The molecule has 1 aromatic heterocycles. The van der Waals surface area contributed by atoms with Crippen LogP contribution in [0.2, 0.25) is 0 Å². The molecule has 0 amide bonds. The zero-order valence-corrected chi connectivity index (χ0v) is 22.8. The minimum absolute atomic E-state index is 0.105. The lowest BCUT2D eigenvalue weighted by atomic mass is 10.0. The molecule has 0 spiro atoms. The second-order valence-electron chi connectivity index (χ2n) is 9.53. The number of nitrogens with zero attached hydrogens (tertiary/aromatic N) is 9. The second kappa shape index (κ2) is 10.6. The van der Waals surface area contributed by atoms with Gasteiger partial charge in [0.2, 0.25) is 0 Å². The highest BCUT2D eigenvalue weighted by atomic mass is 15.4. The van der Waals surface area contributed by atoms with Gasteiger partial charge < -0.3 is 0 Å². The van der Waals surface area contributed by atoms with Crippen molar-refractivity contribution in [1.29, 1.82) is 21.0 Å². The highest BCUT2D eigenvalue weighted by Crippen LogP contribution is 2.48. The molecule has 1 aliphatic heterocycles. The average Bonchev–Trinajstić information content (AvgIpc) is 3.06. The molecule has 0 saturated heterocycles. The Balaban J connectivity index is 1.79. The number of hydrogen-bond acceptors (Lipinski definition) is 9. The van der Waals surface area contributed by atoms with Crippen LogP contribution in [-0.4, -0.2) is 15.7 Å². The molecule has 5 aromatic rings. The van der Waals surface area contributed by atoms with Crippen molar-refractivity contribution in [2.24, 2.45) is 4.99 Å². The average molecular weight is 554 g/mol. The van der Waals surface area contributed by atoms with Crippen molar-refractivity contribution in [2.75, 3.05) is 9.80 Å². The molecule has 0 unspecified atom stereocenters. The molecule has 1 aliphatic rings. The fourth-order valence-electron chi connectivity index (χ4n) is 5.17. The molecule has 0 fully saturated rings. The molecule has 2 heterocycles. The van der Waals surface area contributed by atoms with Gasteiger partial charge in [0.15, 0.2) is 34.6 Å². The van der Waals surface area contributed by atoms with Gasteiger partial charge in [-0.2, -0.15) is 21.0 Å². The molecule has 0 N–H and O–H groups in total. The monoisotopic (exact) mass is 553 g/mol. The molecule has 0 aliphatic carbocycles. The topological polar surface area (TPSA) is 140 Å². The van der Waals surface area contributed by atoms with E-state index in [0.717, 1.165) is 27.2 Å². The van der Waals surface area contributed by atoms with Crippen LogP contribution in [0.4, 0.5) is 23.0 Å². The Morgan fingerprint density at radius 1 is 0.674 bits per heavy atom. The third-order valence-corrected chi connectivity index (χ3v) is 7.13. The van der Waals surface area contributed by atoms with E-state index in [1.54, 1.807) is 4.90 Å². The summed E-state index contributed by atoms with van der Waals surface area (Å²) in [6.07, 6.45) is 0. The molecule has 43 heavy (non-hydrogen) atoms. The van der Waals surface area contributed by atoms with Crippen LogP contribution < -0.4 is 9.80 Å². The van der Waals surface area contributed by atoms with E-state index in [2.05, 4.69) is 16.5 Å². The zero-order chi connectivity index (χ0) is 30.1. The summed E-state index contributed by atoms with van der Waals surface area (Å²) < 4.78 is 0. The van der Waals surface area contributed by atoms with Crippen LogP contribution in [0.5, 0.6) is 0 Å². The van der Waals surface area contributed by atoms with Crippen LogP contribution in [0, 0.1) is 45.3 Å². The number of aromatic nitrogens is 2. The SMILES string of the molecule is C=C(C#N)/C(C#N)=N\C1=C(C)N(c2cccc3ccccc23)c2nc(C#N)c(C#N)nc2N1c1cccc2ccccc12. The standard InChI is InChI=1S/C34H19N9/c1-21(17-35)27(18-36)39-32-22(2)42(30-15-7-11-23-9-3-5-13-25(23)30)33-34(41-29(20-38)28(19-37)40-33)43(32)31-16-8-12-24-10-4-6-14-26(24)31/h3-16H,1H2,2H3/b39-27-. The van der Waals surface area contributed by atoms with E-state index in [0.29, 0.717) is 17.2 Å².